The third-order valence-corrected chi connectivity index (χ3v) is 6.74. The van der Waals surface area contributed by atoms with Crippen molar-refractivity contribution >= 4 is 22.0 Å². The molecule has 5 heteroatoms. The van der Waals surface area contributed by atoms with Crippen LogP contribution in [0.2, 0.25) is 0 Å². The number of hydrogen-bond acceptors (Lipinski definition) is 4. The van der Waals surface area contributed by atoms with Crippen molar-refractivity contribution in [2.75, 3.05) is 19.0 Å². The molecule has 2 rings (SSSR count). The minimum atomic E-state index is -3.21. The average Bonchev–Trinajstić information content (AvgIpc) is 2.76. The van der Waals surface area contributed by atoms with Gasteiger partial charge in [-0.2, -0.15) is 0 Å². The Kier molecular flexibility index (Phi) is 10.7. The van der Waals surface area contributed by atoms with Crippen LogP contribution in [-0.2, 0) is 9.84 Å². The van der Waals surface area contributed by atoms with Gasteiger partial charge in [0.2, 0.25) is 0 Å². The van der Waals surface area contributed by atoms with E-state index in [0.717, 1.165) is 36.1 Å². The van der Waals surface area contributed by atoms with Crippen LogP contribution < -0.4 is 4.74 Å². The molecule has 0 fully saturated rings. The van der Waals surface area contributed by atoms with E-state index in [2.05, 4.69) is 6.92 Å². The molecule has 0 unspecified atom stereocenters. The summed E-state index contributed by atoms with van der Waals surface area (Å²) < 4.78 is 30.5. The van der Waals surface area contributed by atoms with Crippen molar-refractivity contribution in [3.63, 3.8) is 0 Å². The zero-order valence-corrected chi connectivity index (χ0v) is 18.7. The first kappa shape index (κ1) is 24.2. The molecule has 0 saturated carbocycles. The maximum absolute atomic E-state index is 12.5. The predicted octanol–water partition coefficient (Wildman–Crippen LogP) is 5.75. The Morgan fingerprint density at radius 1 is 0.800 bits per heavy atom. The number of aliphatic hydroxyl groups excluding tert-OH is 1. The molecular formula is C25H34O4S. The quantitative estimate of drug-likeness (QED) is 0.306. The van der Waals surface area contributed by atoms with Gasteiger partial charge < -0.3 is 9.84 Å². The fourth-order valence-corrected chi connectivity index (χ4v) is 4.47. The Bertz CT molecular complexity index is 853. The maximum Gasteiger partial charge on any atom is 0.178 e. The van der Waals surface area contributed by atoms with Gasteiger partial charge >= 0.3 is 0 Å². The lowest BCUT2D eigenvalue weighted by molar-refractivity contribution is 0.233. The highest BCUT2D eigenvalue weighted by atomic mass is 32.2. The third kappa shape index (κ3) is 8.72. The van der Waals surface area contributed by atoms with Crippen molar-refractivity contribution in [1.82, 2.24) is 0 Å². The van der Waals surface area contributed by atoms with Gasteiger partial charge in [-0.25, -0.2) is 8.42 Å². The zero-order valence-electron chi connectivity index (χ0n) is 17.9. The summed E-state index contributed by atoms with van der Waals surface area (Å²) in [4.78, 5) is 0.401. The van der Waals surface area contributed by atoms with E-state index in [-0.39, 0.29) is 12.4 Å². The molecule has 0 aromatic heterocycles. The normalized spacial score (nSPS) is 11.8. The number of hydrogen-bond donors (Lipinski definition) is 1. The number of rotatable bonds is 14. The summed E-state index contributed by atoms with van der Waals surface area (Å²) in [5, 5.41) is 8.78. The molecular weight excluding hydrogens is 396 g/mol. The largest absolute Gasteiger partial charge is 0.494 e. The molecule has 0 atom stereocenters. The second-order valence-electron chi connectivity index (χ2n) is 7.48. The first-order chi connectivity index (χ1) is 14.5. The lowest BCUT2D eigenvalue weighted by Crippen LogP contribution is -2.06. The molecule has 164 valence electrons. The van der Waals surface area contributed by atoms with Crippen LogP contribution in [0.1, 0.15) is 63.0 Å². The van der Waals surface area contributed by atoms with Crippen LogP contribution in [0, 0.1) is 0 Å². The van der Waals surface area contributed by atoms with E-state index in [1.54, 1.807) is 12.1 Å². The smallest absolute Gasteiger partial charge is 0.178 e. The first-order valence-electron chi connectivity index (χ1n) is 10.9. The van der Waals surface area contributed by atoms with Crippen molar-refractivity contribution in [2.24, 2.45) is 0 Å². The molecule has 0 saturated heterocycles. The maximum atomic E-state index is 12.5. The number of benzene rings is 2. The van der Waals surface area contributed by atoms with Crippen LogP contribution in [0.4, 0.5) is 0 Å². The Labute approximate surface area is 181 Å². The Morgan fingerprint density at radius 3 is 1.97 bits per heavy atom. The van der Waals surface area contributed by atoms with Crippen molar-refractivity contribution in [3.05, 3.63) is 59.7 Å². The molecule has 0 aliphatic heterocycles. The van der Waals surface area contributed by atoms with E-state index in [0.29, 0.717) is 17.9 Å². The molecule has 0 radical (unpaired) electrons. The van der Waals surface area contributed by atoms with Gasteiger partial charge in [0.25, 0.3) is 0 Å². The van der Waals surface area contributed by atoms with Crippen LogP contribution in [-0.4, -0.2) is 32.5 Å². The molecule has 2 aromatic carbocycles. The van der Waals surface area contributed by atoms with Crippen molar-refractivity contribution in [1.29, 1.82) is 0 Å². The lowest BCUT2D eigenvalue weighted by atomic mass is 10.1. The lowest BCUT2D eigenvalue weighted by Gasteiger charge is -2.06. The van der Waals surface area contributed by atoms with Gasteiger partial charge in [-0.3, -0.25) is 0 Å². The van der Waals surface area contributed by atoms with E-state index < -0.39 is 9.84 Å². The van der Waals surface area contributed by atoms with Crippen LogP contribution in [0.3, 0.4) is 0 Å². The number of ether oxygens (including phenoxy) is 1. The highest BCUT2D eigenvalue weighted by Gasteiger charge is 2.13. The Balaban J connectivity index is 1.85. The number of sulfone groups is 1. The highest BCUT2D eigenvalue weighted by molar-refractivity contribution is 7.91. The summed E-state index contributed by atoms with van der Waals surface area (Å²) in [6, 6.07) is 14.8. The topological polar surface area (TPSA) is 63.6 Å². The predicted molar refractivity (Wildman–Crippen MR) is 124 cm³/mol. The van der Waals surface area contributed by atoms with Gasteiger partial charge in [0.05, 0.1) is 17.3 Å². The van der Waals surface area contributed by atoms with Crippen LogP contribution in [0.5, 0.6) is 5.75 Å². The van der Waals surface area contributed by atoms with Gasteiger partial charge in [-0.05, 0) is 41.8 Å². The molecule has 30 heavy (non-hydrogen) atoms. The van der Waals surface area contributed by atoms with Gasteiger partial charge in [0.15, 0.2) is 9.84 Å². The molecule has 0 bridgehead atoms. The van der Waals surface area contributed by atoms with Gasteiger partial charge in [0, 0.05) is 13.0 Å². The third-order valence-electron chi connectivity index (χ3n) is 4.93. The van der Waals surface area contributed by atoms with E-state index in [4.69, 9.17) is 9.84 Å². The Morgan fingerprint density at radius 2 is 1.37 bits per heavy atom. The van der Waals surface area contributed by atoms with E-state index in [1.165, 1.54) is 19.3 Å². The summed E-state index contributed by atoms with van der Waals surface area (Å²) in [7, 11) is -3.21. The van der Waals surface area contributed by atoms with E-state index in [9.17, 15) is 8.42 Å². The van der Waals surface area contributed by atoms with Crippen LogP contribution >= 0.6 is 0 Å². The molecule has 2 aromatic rings. The first-order valence-corrected chi connectivity index (χ1v) is 12.5. The number of aliphatic hydroxyl groups is 1. The summed E-state index contributed by atoms with van der Waals surface area (Å²) >= 11 is 0. The standard InChI is InChI=1S/C25H34O4S/c1-2-3-4-5-6-7-21-30(27,28)25-17-13-23(14-18-25)10-9-22-11-15-24(16-12-22)29-20-8-19-26/h9-18,26H,2-8,19-21H2,1H3/b10-9+. The number of unbranched alkanes of at least 4 members (excludes halogenated alkanes) is 5. The molecule has 0 spiro atoms. The Hall–Kier alpha value is -2.11. The molecule has 0 amide bonds. The molecule has 0 aliphatic rings. The van der Waals surface area contributed by atoms with E-state index in [1.807, 2.05) is 48.6 Å². The highest BCUT2D eigenvalue weighted by Crippen LogP contribution is 2.18. The summed E-state index contributed by atoms with van der Waals surface area (Å²) in [5.74, 6) is 1.00. The molecule has 1 N–H and O–H groups in total. The van der Waals surface area contributed by atoms with Crippen molar-refractivity contribution in [3.8, 4) is 5.75 Å². The van der Waals surface area contributed by atoms with Crippen molar-refractivity contribution < 1.29 is 18.3 Å². The average molecular weight is 431 g/mol. The van der Waals surface area contributed by atoms with Gasteiger partial charge in [-0.15, -0.1) is 0 Å². The van der Waals surface area contributed by atoms with Crippen molar-refractivity contribution in [2.45, 2.75) is 56.8 Å². The second kappa shape index (κ2) is 13.2. The minimum absolute atomic E-state index is 0.125. The molecule has 0 heterocycles. The fourth-order valence-electron chi connectivity index (χ4n) is 3.10. The molecule has 4 nitrogen and oxygen atoms in total. The summed E-state index contributed by atoms with van der Waals surface area (Å²) in [5.41, 5.74) is 1.99. The van der Waals surface area contributed by atoms with Crippen LogP contribution in [0.15, 0.2) is 53.4 Å². The van der Waals surface area contributed by atoms with E-state index >= 15 is 0 Å². The SMILES string of the molecule is CCCCCCCCS(=O)(=O)c1ccc(/C=C/c2ccc(OCCCO)cc2)cc1. The summed E-state index contributed by atoms with van der Waals surface area (Å²) in [6.07, 6.45) is 11.0. The van der Waals surface area contributed by atoms with Gasteiger partial charge in [0.1, 0.15) is 5.75 Å². The van der Waals surface area contributed by atoms with Gasteiger partial charge in [-0.1, -0.05) is 75.4 Å². The summed E-state index contributed by atoms with van der Waals surface area (Å²) in [6.45, 7) is 2.80. The van der Waals surface area contributed by atoms with Crippen LogP contribution in [0.25, 0.3) is 12.2 Å². The minimum Gasteiger partial charge on any atom is -0.494 e. The molecule has 0 aliphatic carbocycles. The fraction of sp³-hybridized carbons (Fsp3) is 0.440. The second-order valence-corrected chi connectivity index (χ2v) is 9.59. The zero-order chi connectivity index (χ0) is 21.7. The monoisotopic (exact) mass is 430 g/mol.